The fourth-order valence-electron chi connectivity index (χ4n) is 3.58. The Hall–Kier alpha value is -3.42. The highest BCUT2D eigenvalue weighted by Crippen LogP contribution is 2.31. The number of rotatable bonds is 0. The number of fused-ring (bicyclic) bond motifs is 8. The Morgan fingerprint density at radius 3 is 1.61 bits per heavy atom. The molecule has 0 aliphatic carbocycles. The molecular formula is C23H26N8O3S2. The van der Waals surface area contributed by atoms with E-state index in [1.54, 1.807) is 23.5 Å². The molecule has 0 saturated heterocycles. The minimum Gasteiger partial charge on any atom is -0.490 e. The van der Waals surface area contributed by atoms with Gasteiger partial charge in [-0.15, -0.1) is 20.4 Å². The second kappa shape index (κ2) is 11.5. The maximum absolute atomic E-state index is 6.32. The summed E-state index contributed by atoms with van der Waals surface area (Å²) < 4.78 is 20.6. The summed E-state index contributed by atoms with van der Waals surface area (Å²) in [5.41, 5.74) is 1.55. The molecule has 188 valence electrons. The Labute approximate surface area is 216 Å². The zero-order valence-electron chi connectivity index (χ0n) is 19.4. The first kappa shape index (κ1) is 24.3. The monoisotopic (exact) mass is 526 g/mol. The van der Waals surface area contributed by atoms with Crippen LogP contribution in [0.2, 0.25) is 0 Å². The Morgan fingerprint density at radius 1 is 0.639 bits per heavy atom. The topological polar surface area (TPSA) is 141 Å². The van der Waals surface area contributed by atoms with E-state index in [1.807, 2.05) is 48.5 Å². The number of aromatic nitrogens is 6. The normalized spacial score (nSPS) is 15.3. The van der Waals surface area contributed by atoms with E-state index in [1.165, 1.54) is 9.35 Å². The van der Waals surface area contributed by atoms with Crippen LogP contribution in [-0.2, 0) is 4.74 Å². The molecule has 4 N–H and O–H groups in total. The third kappa shape index (κ3) is 5.37. The molecular weight excluding hydrogens is 500 g/mol. The van der Waals surface area contributed by atoms with Crippen LogP contribution in [0.25, 0.3) is 22.8 Å². The first-order valence-corrected chi connectivity index (χ1v) is 13.4. The predicted octanol–water partition coefficient (Wildman–Crippen LogP) is 2.69. The lowest BCUT2D eigenvalue weighted by Crippen LogP contribution is -2.15. The number of nitrogens with zero attached hydrogens (tertiary/aromatic N) is 6. The van der Waals surface area contributed by atoms with E-state index in [2.05, 4.69) is 20.4 Å². The summed E-state index contributed by atoms with van der Waals surface area (Å²) in [5, 5.41) is 18.4. The standard InChI is InChI=1S/C23H26N8O3S2/c24-30-20-16-6-1-3-8-18(16)33-12-10-32-11-13-34-19-9-4-2-7-17(19)21-27-29-23(31(21)25)36-15-5-14-35-22(30)28-26-20/h1-4,6-9H,5,10-15,24-25H2. The minimum atomic E-state index is 0.366. The summed E-state index contributed by atoms with van der Waals surface area (Å²) in [6.07, 6.45) is 0.888. The van der Waals surface area contributed by atoms with Crippen molar-refractivity contribution in [1.82, 2.24) is 29.7 Å². The number of hydrogen-bond acceptors (Lipinski definition) is 11. The van der Waals surface area contributed by atoms with Gasteiger partial charge in [-0.2, -0.15) is 0 Å². The quantitative estimate of drug-likeness (QED) is 0.327. The van der Waals surface area contributed by atoms with Gasteiger partial charge in [-0.3, -0.25) is 0 Å². The maximum Gasteiger partial charge on any atom is 0.210 e. The Balaban J connectivity index is 1.35. The van der Waals surface area contributed by atoms with E-state index >= 15 is 0 Å². The van der Waals surface area contributed by atoms with E-state index < -0.39 is 0 Å². The molecule has 13 heteroatoms. The third-order valence-electron chi connectivity index (χ3n) is 5.31. The van der Waals surface area contributed by atoms with Crippen LogP contribution in [0.3, 0.4) is 0 Å². The van der Waals surface area contributed by atoms with E-state index in [-0.39, 0.29) is 0 Å². The molecule has 4 bridgehead atoms. The van der Waals surface area contributed by atoms with Gasteiger partial charge in [-0.05, 0) is 30.7 Å². The van der Waals surface area contributed by atoms with Gasteiger partial charge in [0, 0.05) is 11.5 Å². The summed E-state index contributed by atoms with van der Waals surface area (Å²) >= 11 is 3.09. The highest BCUT2D eigenvalue weighted by atomic mass is 32.2. The van der Waals surface area contributed by atoms with Gasteiger partial charge in [-0.25, -0.2) is 9.35 Å². The first-order chi connectivity index (χ1) is 17.7. The summed E-state index contributed by atoms with van der Waals surface area (Å²) in [4.78, 5) is 0. The molecule has 2 aromatic heterocycles. The predicted molar refractivity (Wildman–Crippen MR) is 139 cm³/mol. The molecule has 2 aromatic carbocycles. The summed E-state index contributed by atoms with van der Waals surface area (Å²) in [7, 11) is 0. The van der Waals surface area contributed by atoms with Crippen LogP contribution in [0, 0.1) is 0 Å². The number of ether oxygens (including phenoxy) is 3. The van der Waals surface area contributed by atoms with Gasteiger partial charge in [0.2, 0.25) is 10.3 Å². The highest BCUT2D eigenvalue weighted by molar-refractivity contribution is 8.00. The van der Waals surface area contributed by atoms with Crippen LogP contribution >= 0.6 is 23.5 Å². The minimum absolute atomic E-state index is 0.366. The van der Waals surface area contributed by atoms with Crippen molar-refractivity contribution < 1.29 is 14.2 Å². The third-order valence-corrected chi connectivity index (χ3v) is 7.37. The molecule has 4 aromatic rings. The molecule has 0 unspecified atom stereocenters. The number of para-hydroxylation sites is 2. The van der Waals surface area contributed by atoms with Crippen LogP contribution < -0.4 is 21.2 Å². The van der Waals surface area contributed by atoms with Crippen molar-refractivity contribution in [3.8, 4) is 34.3 Å². The molecule has 0 atom stereocenters. The number of nitrogen functional groups attached to an aromatic ring is 2. The molecule has 1 aliphatic heterocycles. The van der Waals surface area contributed by atoms with Crippen molar-refractivity contribution in [2.75, 3.05) is 49.6 Å². The molecule has 0 spiro atoms. The second-order valence-electron chi connectivity index (χ2n) is 7.70. The SMILES string of the molecule is Nn1c2nnc1-c1ccccc1OCCOCCOc1ccccc1-c1nnc(n1N)SCCCS2. The zero-order valence-corrected chi connectivity index (χ0v) is 21.1. The number of benzene rings is 2. The average molecular weight is 527 g/mol. The second-order valence-corrected chi connectivity index (χ2v) is 9.83. The molecule has 3 heterocycles. The number of hydrogen-bond donors (Lipinski definition) is 2. The van der Waals surface area contributed by atoms with Crippen molar-refractivity contribution in [1.29, 1.82) is 0 Å². The van der Waals surface area contributed by atoms with E-state index in [9.17, 15) is 0 Å². The number of nitrogens with two attached hydrogens (primary N) is 2. The van der Waals surface area contributed by atoms with E-state index in [0.29, 0.717) is 59.9 Å². The van der Waals surface area contributed by atoms with Gasteiger partial charge in [0.25, 0.3) is 0 Å². The smallest absolute Gasteiger partial charge is 0.210 e. The number of thioether (sulfide) groups is 2. The molecule has 11 nitrogen and oxygen atoms in total. The molecule has 0 radical (unpaired) electrons. The van der Waals surface area contributed by atoms with Gasteiger partial charge < -0.3 is 25.9 Å². The van der Waals surface area contributed by atoms with Crippen LogP contribution in [0.4, 0.5) is 0 Å². The average Bonchev–Trinajstić information content (AvgIpc) is 3.45. The van der Waals surface area contributed by atoms with Crippen molar-refractivity contribution in [3.63, 3.8) is 0 Å². The Morgan fingerprint density at radius 2 is 1.11 bits per heavy atom. The van der Waals surface area contributed by atoms with Gasteiger partial charge in [0.1, 0.15) is 24.7 Å². The lowest BCUT2D eigenvalue weighted by atomic mass is 10.2. The lowest BCUT2D eigenvalue weighted by molar-refractivity contribution is 0.0767. The summed E-state index contributed by atoms with van der Waals surface area (Å²) in [5.74, 6) is 16.7. The van der Waals surface area contributed by atoms with Gasteiger partial charge in [0.05, 0.1) is 24.3 Å². The van der Waals surface area contributed by atoms with Gasteiger partial charge in [0.15, 0.2) is 11.6 Å². The van der Waals surface area contributed by atoms with Crippen molar-refractivity contribution in [2.24, 2.45) is 0 Å². The Kier molecular flexibility index (Phi) is 7.79. The van der Waals surface area contributed by atoms with Crippen LogP contribution in [0.1, 0.15) is 6.42 Å². The lowest BCUT2D eigenvalue weighted by Gasteiger charge is -2.13. The summed E-state index contributed by atoms with van der Waals surface area (Å²) in [6, 6.07) is 15.2. The first-order valence-electron chi connectivity index (χ1n) is 11.4. The fraction of sp³-hybridized carbons (Fsp3) is 0.304. The fourth-order valence-corrected chi connectivity index (χ4v) is 5.36. The van der Waals surface area contributed by atoms with Crippen molar-refractivity contribution in [3.05, 3.63) is 48.5 Å². The highest BCUT2D eigenvalue weighted by Gasteiger charge is 2.18. The van der Waals surface area contributed by atoms with Crippen molar-refractivity contribution >= 4 is 23.5 Å². The largest absolute Gasteiger partial charge is 0.490 e. The molecule has 36 heavy (non-hydrogen) atoms. The molecule has 1 aliphatic rings. The van der Waals surface area contributed by atoms with Gasteiger partial charge in [-0.1, -0.05) is 47.8 Å². The maximum atomic E-state index is 6.32. The molecule has 0 fully saturated rings. The van der Waals surface area contributed by atoms with Crippen molar-refractivity contribution in [2.45, 2.75) is 16.7 Å². The van der Waals surface area contributed by atoms with E-state index in [4.69, 9.17) is 25.9 Å². The van der Waals surface area contributed by atoms with Gasteiger partial charge >= 0.3 is 0 Å². The van der Waals surface area contributed by atoms with E-state index in [0.717, 1.165) is 29.1 Å². The zero-order chi connectivity index (χ0) is 24.7. The Bertz CT molecular complexity index is 1210. The van der Waals surface area contributed by atoms with Crippen LogP contribution in [-0.4, -0.2) is 67.7 Å². The summed E-state index contributed by atoms with van der Waals surface area (Å²) in [6.45, 7) is 1.52. The van der Waals surface area contributed by atoms with Crippen LogP contribution in [0.15, 0.2) is 58.8 Å². The molecule has 0 saturated carbocycles. The molecule has 5 rings (SSSR count). The van der Waals surface area contributed by atoms with Crippen LogP contribution in [0.5, 0.6) is 11.5 Å². The molecule has 0 amide bonds.